The average molecular weight is 362 g/mol. The van der Waals surface area contributed by atoms with Crippen molar-refractivity contribution in [2.24, 2.45) is 0 Å². The van der Waals surface area contributed by atoms with Gasteiger partial charge < -0.3 is 14.6 Å². The van der Waals surface area contributed by atoms with Crippen molar-refractivity contribution < 1.29 is 9.53 Å². The molecule has 5 nitrogen and oxygen atoms in total. The maximum atomic E-state index is 12.9. The van der Waals surface area contributed by atoms with Crippen molar-refractivity contribution in [3.63, 3.8) is 0 Å². The Morgan fingerprint density at radius 1 is 1.32 bits per heavy atom. The lowest BCUT2D eigenvalue weighted by Gasteiger charge is -2.48. The van der Waals surface area contributed by atoms with Gasteiger partial charge in [0.15, 0.2) is 0 Å². The Morgan fingerprint density at radius 3 is 3.04 bits per heavy atom. The third-order valence-corrected chi connectivity index (χ3v) is 5.58. The van der Waals surface area contributed by atoms with Gasteiger partial charge in [0.1, 0.15) is 5.69 Å². The second-order valence-corrected chi connectivity index (χ2v) is 7.47. The summed E-state index contributed by atoms with van der Waals surface area (Å²) in [6.45, 7) is 6.18. The second kappa shape index (κ2) is 6.98. The fourth-order valence-corrected chi connectivity index (χ4v) is 4.27. The van der Waals surface area contributed by atoms with Gasteiger partial charge in [-0.2, -0.15) is 0 Å². The zero-order valence-corrected chi connectivity index (χ0v) is 15.3. The molecule has 4 rings (SSSR count). The summed E-state index contributed by atoms with van der Waals surface area (Å²) in [6.07, 6.45) is 2.32. The number of carbonyl (C=O) groups is 1. The molecular formula is C19H24ClN3O2. The molecule has 0 spiro atoms. The van der Waals surface area contributed by atoms with Crippen molar-refractivity contribution in [1.82, 2.24) is 14.8 Å². The molecular weight excluding hydrogens is 338 g/mol. The lowest BCUT2D eigenvalue weighted by Crippen LogP contribution is -2.62. The second-order valence-electron chi connectivity index (χ2n) is 7.04. The topological polar surface area (TPSA) is 48.6 Å². The predicted molar refractivity (Wildman–Crippen MR) is 99.2 cm³/mol. The summed E-state index contributed by atoms with van der Waals surface area (Å²) < 4.78 is 5.80. The molecule has 2 aromatic rings. The number of morpholine rings is 1. The normalized spacial score (nSPS) is 24.5. The quantitative estimate of drug-likeness (QED) is 0.913. The van der Waals surface area contributed by atoms with Crippen LogP contribution < -0.4 is 0 Å². The predicted octanol–water partition coefficient (Wildman–Crippen LogP) is 3.15. The van der Waals surface area contributed by atoms with E-state index in [-0.39, 0.29) is 5.91 Å². The summed E-state index contributed by atoms with van der Waals surface area (Å²) >= 11 is 6.04. The molecule has 6 heteroatoms. The number of amides is 1. The number of halogens is 1. The number of carbonyl (C=O) groups excluding carboxylic acids is 1. The summed E-state index contributed by atoms with van der Waals surface area (Å²) in [5.41, 5.74) is 1.57. The van der Waals surface area contributed by atoms with Crippen LogP contribution in [0.5, 0.6) is 0 Å². The van der Waals surface area contributed by atoms with Crippen molar-refractivity contribution >= 4 is 28.4 Å². The first kappa shape index (κ1) is 16.9. The van der Waals surface area contributed by atoms with E-state index in [0.29, 0.717) is 29.4 Å². The van der Waals surface area contributed by atoms with Crippen LogP contribution in [0.2, 0.25) is 5.02 Å². The lowest BCUT2D eigenvalue weighted by atomic mass is 10.0. The van der Waals surface area contributed by atoms with Gasteiger partial charge in [0.25, 0.3) is 5.91 Å². The van der Waals surface area contributed by atoms with Crippen molar-refractivity contribution in [2.75, 3.05) is 32.8 Å². The number of aromatic amines is 1. The molecule has 1 amide bonds. The van der Waals surface area contributed by atoms with E-state index in [1.807, 2.05) is 29.2 Å². The van der Waals surface area contributed by atoms with Gasteiger partial charge in [-0.3, -0.25) is 9.69 Å². The van der Waals surface area contributed by atoms with Crippen LogP contribution in [0, 0.1) is 0 Å². The van der Waals surface area contributed by atoms with Crippen LogP contribution in [-0.2, 0) is 4.74 Å². The molecule has 0 aliphatic carbocycles. The van der Waals surface area contributed by atoms with Gasteiger partial charge in [0.2, 0.25) is 0 Å². The molecule has 3 heterocycles. The van der Waals surface area contributed by atoms with Crippen molar-refractivity contribution in [1.29, 1.82) is 0 Å². The third-order valence-electron chi connectivity index (χ3n) is 5.34. The number of nitrogens with zero attached hydrogens (tertiary/aromatic N) is 2. The number of aromatic nitrogens is 1. The van der Waals surface area contributed by atoms with Gasteiger partial charge in [0.05, 0.1) is 19.3 Å². The van der Waals surface area contributed by atoms with Crippen LogP contribution in [0.3, 0.4) is 0 Å². The van der Waals surface area contributed by atoms with Gasteiger partial charge in [-0.15, -0.1) is 0 Å². The number of hydrogen-bond acceptors (Lipinski definition) is 3. The minimum absolute atomic E-state index is 0.0598. The summed E-state index contributed by atoms with van der Waals surface area (Å²) in [4.78, 5) is 20.7. The van der Waals surface area contributed by atoms with Gasteiger partial charge in [0, 0.05) is 41.6 Å². The molecule has 2 atom stereocenters. The largest absolute Gasteiger partial charge is 0.378 e. The first-order valence-electron chi connectivity index (χ1n) is 9.06. The summed E-state index contributed by atoms with van der Waals surface area (Å²) in [6, 6.07) is 8.33. The van der Waals surface area contributed by atoms with Gasteiger partial charge in [-0.1, -0.05) is 24.9 Å². The Morgan fingerprint density at radius 2 is 2.20 bits per heavy atom. The Labute approximate surface area is 152 Å². The van der Waals surface area contributed by atoms with E-state index in [1.54, 1.807) is 0 Å². The fraction of sp³-hybridized carbons (Fsp3) is 0.526. The van der Waals surface area contributed by atoms with Crippen LogP contribution >= 0.6 is 11.6 Å². The number of H-pyrrole nitrogens is 1. The average Bonchev–Trinajstić information content (AvgIpc) is 3.04. The van der Waals surface area contributed by atoms with E-state index in [0.717, 1.165) is 50.0 Å². The standard InChI is InChI=1S/C19H24ClN3O2/c1-2-3-15-11-25-12-16-10-22(6-7-23(15)16)19(24)18-9-13-8-14(20)4-5-17(13)21-18/h4-5,8-9,15-16,21H,2-3,6-7,10-12H2,1H3/t15-,16+/m0/s1. The maximum Gasteiger partial charge on any atom is 0.270 e. The molecule has 2 saturated heterocycles. The van der Waals surface area contributed by atoms with Crippen molar-refractivity contribution in [3.05, 3.63) is 35.0 Å². The van der Waals surface area contributed by atoms with Crippen LogP contribution in [0.25, 0.3) is 10.9 Å². The number of piperazine rings is 1. The van der Waals surface area contributed by atoms with Crippen LogP contribution in [0.1, 0.15) is 30.3 Å². The molecule has 1 N–H and O–H groups in total. The SMILES string of the molecule is CCC[C@H]1COC[C@H]2CN(C(=O)c3cc4cc(Cl)ccc4[nH]3)CCN12. The molecule has 0 saturated carbocycles. The Balaban J connectivity index is 1.49. The van der Waals surface area contributed by atoms with Crippen LogP contribution in [0.15, 0.2) is 24.3 Å². The first-order valence-corrected chi connectivity index (χ1v) is 9.44. The molecule has 0 bridgehead atoms. The molecule has 2 fully saturated rings. The zero-order chi connectivity index (χ0) is 17.4. The number of fused-ring (bicyclic) bond motifs is 2. The van der Waals surface area contributed by atoms with Crippen molar-refractivity contribution in [2.45, 2.75) is 31.8 Å². The van der Waals surface area contributed by atoms with E-state index < -0.39 is 0 Å². The Hall–Kier alpha value is -1.56. The monoisotopic (exact) mass is 361 g/mol. The van der Waals surface area contributed by atoms with Gasteiger partial charge in [-0.25, -0.2) is 0 Å². The van der Waals surface area contributed by atoms with Crippen LogP contribution in [0.4, 0.5) is 0 Å². The van der Waals surface area contributed by atoms with E-state index >= 15 is 0 Å². The van der Waals surface area contributed by atoms with E-state index in [9.17, 15) is 4.79 Å². The minimum atomic E-state index is 0.0598. The summed E-state index contributed by atoms with van der Waals surface area (Å²) in [5, 5.41) is 1.65. The number of ether oxygens (including phenoxy) is 1. The zero-order valence-electron chi connectivity index (χ0n) is 14.5. The molecule has 0 unspecified atom stereocenters. The molecule has 25 heavy (non-hydrogen) atoms. The number of hydrogen-bond donors (Lipinski definition) is 1. The third kappa shape index (κ3) is 3.28. The van der Waals surface area contributed by atoms with E-state index in [2.05, 4.69) is 16.8 Å². The molecule has 2 aliphatic rings. The molecule has 0 radical (unpaired) electrons. The van der Waals surface area contributed by atoms with E-state index in [4.69, 9.17) is 16.3 Å². The number of benzene rings is 1. The highest BCUT2D eigenvalue weighted by Gasteiger charge is 2.36. The fourth-order valence-electron chi connectivity index (χ4n) is 4.09. The number of rotatable bonds is 3. The Bertz CT molecular complexity index is 773. The highest BCUT2D eigenvalue weighted by molar-refractivity contribution is 6.31. The molecule has 2 aliphatic heterocycles. The summed E-state index contributed by atoms with van der Waals surface area (Å²) in [7, 11) is 0. The molecule has 1 aromatic carbocycles. The highest BCUT2D eigenvalue weighted by Crippen LogP contribution is 2.24. The maximum absolute atomic E-state index is 12.9. The van der Waals surface area contributed by atoms with Gasteiger partial charge >= 0.3 is 0 Å². The minimum Gasteiger partial charge on any atom is -0.378 e. The summed E-state index contributed by atoms with van der Waals surface area (Å²) in [5.74, 6) is 0.0598. The number of nitrogens with one attached hydrogen (secondary N) is 1. The Kier molecular flexibility index (Phi) is 4.71. The van der Waals surface area contributed by atoms with E-state index in [1.165, 1.54) is 0 Å². The van der Waals surface area contributed by atoms with Gasteiger partial charge in [-0.05, 0) is 30.7 Å². The highest BCUT2D eigenvalue weighted by atomic mass is 35.5. The molecule has 1 aromatic heterocycles. The molecule has 134 valence electrons. The lowest BCUT2D eigenvalue weighted by molar-refractivity contribution is -0.0776. The smallest absolute Gasteiger partial charge is 0.270 e. The van der Waals surface area contributed by atoms with Crippen molar-refractivity contribution in [3.8, 4) is 0 Å². The van der Waals surface area contributed by atoms with Crippen LogP contribution in [-0.4, -0.2) is 65.6 Å². The first-order chi connectivity index (χ1) is 12.2.